The van der Waals surface area contributed by atoms with Crippen molar-refractivity contribution in [3.8, 4) is 0 Å². The number of carbonyl (C=O) groups excluding carboxylic acids is 1. The summed E-state index contributed by atoms with van der Waals surface area (Å²) in [6, 6.07) is 10.1. The first kappa shape index (κ1) is 19.1. The second-order valence-corrected chi connectivity index (χ2v) is 7.46. The maximum absolute atomic E-state index is 13.0. The van der Waals surface area contributed by atoms with Crippen LogP contribution < -0.4 is 5.32 Å². The molecular formula is C22H24FN5O. The van der Waals surface area contributed by atoms with E-state index >= 15 is 0 Å². The van der Waals surface area contributed by atoms with E-state index in [4.69, 9.17) is 0 Å². The van der Waals surface area contributed by atoms with Gasteiger partial charge in [-0.1, -0.05) is 12.1 Å². The Labute approximate surface area is 168 Å². The summed E-state index contributed by atoms with van der Waals surface area (Å²) in [5.41, 5.74) is 3.98. The number of hydrogen-bond donors (Lipinski definition) is 2. The van der Waals surface area contributed by atoms with Crippen LogP contribution in [0.4, 0.5) is 9.18 Å². The molecule has 2 N–H and O–H groups in total. The number of benzene rings is 1. The zero-order chi connectivity index (χ0) is 20.4. The number of urea groups is 1. The minimum absolute atomic E-state index is 0.0394. The lowest BCUT2D eigenvalue weighted by molar-refractivity contribution is 0.181. The number of halogens is 1. The number of H-pyrrole nitrogens is 1. The molecule has 7 heteroatoms. The summed E-state index contributed by atoms with van der Waals surface area (Å²) < 4.78 is 13.0. The van der Waals surface area contributed by atoms with E-state index in [-0.39, 0.29) is 23.8 Å². The van der Waals surface area contributed by atoms with Gasteiger partial charge in [0, 0.05) is 36.0 Å². The third-order valence-corrected chi connectivity index (χ3v) is 5.56. The highest BCUT2D eigenvalue weighted by Crippen LogP contribution is 2.28. The molecule has 1 aliphatic heterocycles. The van der Waals surface area contributed by atoms with Crippen LogP contribution in [0.3, 0.4) is 0 Å². The summed E-state index contributed by atoms with van der Waals surface area (Å²) in [5.74, 6) is -0.109. The molecule has 6 nitrogen and oxygen atoms in total. The molecule has 4 rings (SSSR count). The van der Waals surface area contributed by atoms with Gasteiger partial charge in [0.25, 0.3) is 0 Å². The van der Waals surface area contributed by atoms with Crippen molar-refractivity contribution in [3.63, 3.8) is 0 Å². The molecule has 150 valence electrons. The number of aromatic nitrogens is 2. The number of amides is 2. The molecule has 0 radical (unpaired) electrons. The van der Waals surface area contributed by atoms with Gasteiger partial charge in [-0.15, -0.1) is 0 Å². The Bertz CT molecular complexity index is 1040. The number of pyridine rings is 1. The van der Waals surface area contributed by atoms with Crippen LogP contribution in [0, 0.1) is 11.7 Å². The van der Waals surface area contributed by atoms with Crippen molar-refractivity contribution in [3.05, 3.63) is 65.7 Å². The molecule has 0 aliphatic carbocycles. The number of nitrogens with one attached hydrogen (secondary N) is 2. The van der Waals surface area contributed by atoms with E-state index in [1.165, 1.54) is 22.7 Å². The van der Waals surface area contributed by atoms with Crippen LogP contribution in [0.25, 0.3) is 11.0 Å². The molecule has 2 atom stereocenters. The number of rotatable bonds is 5. The lowest BCUT2D eigenvalue weighted by atomic mass is 9.90. The quantitative estimate of drug-likeness (QED) is 0.690. The second kappa shape index (κ2) is 8.03. The van der Waals surface area contributed by atoms with Gasteiger partial charge >= 0.3 is 6.03 Å². The fourth-order valence-electron chi connectivity index (χ4n) is 3.87. The zero-order valence-electron chi connectivity index (χ0n) is 16.5. The third-order valence-electron chi connectivity index (χ3n) is 5.56. The lowest BCUT2D eigenvalue weighted by Gasteiger charge is -2.23. The number of hydrogen-bond acceptors (Lipinski definition) is 3. The van der Waals surface area contributed by atoms with Crippen molar-refractivity contribution in [2.75, 3.05) is 6.54 Å². The summed E-state index contributed by atoms with van der Waals surface area (Å²) in [7, 11) is 0. The molecule has 3 aromatic rings. The molecule has 0 fully saturated rings. The van der Waals surface area contributed by atoms with Gasteiger partial charge in [-0.2, -0.15) is 5.10 Å². The monoisotopic (exact) mass is 393 g/mol. The summed E-state index contributed by atoms with van der Waals surface area (Å²) in [5, 5.41) is 10.1. The first-order valence-electron chi connectivity index (χ1n) is 9.80. The summed E-state index contributed by atoms with van der Waals surface area (Å²) >= 11 is 0. The second-order valence-electron chi connectivity index (χ2n) is 7.46. The van der Waals surface area contributed by atoms with Crippen molar-refractivity contribution in [1.29, 1.82) is 0 Å². The van der Waals surface area contributed by atoms with E-state index in [0.717, 1.165) is 28.7 Å². The van der Waals surface area contributed by atoms with Gasteiger partial charge in [0.2, 0.25) is 0 Å². The van der Waals surface area contributed by atoms with Gasteiger partial charge in [-0.25, -0.2) is 19.2 Å². The molecule has 29 heavy (non-hydrogen) atoms. The lowest BCUT2D eigenvalue weighted by Crippen LogP contribution is -2.42. The van der Waals surface area contributed by atoms with Gasteiger partial charge in [-0.05, 0) is 62.1 Å². The molecule has 2 unspecified atom stereocenters. The SMILES string of the molecule is CC1=NN(C(=O)NCCc2ccc(F)cc2)C(C)C1Cc1c[nH]c2ncccc12. The maximum Gasteiger partial charge on any atom is 0.338 e. The fourth-order valence-corrected chi connectivity index (χ4v) is 3.87. The van der Waals surface area contributed by atoms with Crippen LogP contribution in [0.1, 0.15) is 25.0 Å². The number of carbonyl (C=O) groups is 1. The van der Waals surface area contributed by atoms with E-state index in [2.05, 4.69) is 26.5 Å². The van der Waals surface area contributed by atoms with Crippen molar-refractivity contribution in [2.45, 2.75) is 32.7 Å². The number of fused-ring (bicyclic) bond motifs is 1. The predicted molar refractivity (Wildman–Crippen MR) is 111 cm³/mol. The molecule has 0 bridgehead atoms. The Morgan fingerprint density at radius 2 is 2.07 bits per heavy atom. The van der Waals surface area contributed by atoms with E-state index in [1.807, 2.05) is 26.1 Å². The van der Waals surface area contributed by atoms with Gasteiger partial charge < -0.3 is 10.3 Å². The number of hydrazone groups is 1. The molecule has 2 amide bonds. The summed E-state index contributed by atoms with van der Waals surface area (Å²) in [6.07, 6.45) is 5.19. The minimum atomic E-state index is -0.259. The number of nitrogens with zero attached hydrogens (tertiary/aromatic N) is 3. The molecule has 0 spiro atoms. The van der Waals surface area contributed by atoms with Crippen LogP contribution in [-0.2, 0) is 12.8 Å². The van der Waals surface area contributed by atoms with E-state index in [9.17, 15) is 9.18 Å². The predicted octanol–water partition coefficient (Wildman–Crippen LogP) is 3.89. The molecular weight excluding hydrogens is 369 g/mol. The normalized spacial score (nSPS) is 18.9. The Morgan fingerprint density at radius 3 is 2.86 bits per heavy atom. The maximum atomic E-state index is 13.0. The van der Waals surface area contributed by atoms with Crippen molar-refractivity contribution in [1.82, 2.24) is 20.3 Å². The minimum Gasteiger partial charge on any atom is -0.346 e. The molecule has 1 aliphatic rings. The molecule has 0 saturated heterocycles. The van der Waals surface area contributed by atoms with E-state index in [0.29, 0.717) is 13.0 Å². The van der Waals surface area contributed by atoms with Crippen molar-refractivity contribution >= 4 is 22.8 Å². The Morgan fingerprint density at radius 1 is 1.28 bits per heavy atom. The van der Waals surface area contributed by atoms with E-state index in [1.54, 1.807) is 18.3 Å². The van der Waals surface area contributed by atoms with Crippen LogP contribution in [0.5, 0.6) is 0 Å². The average Bonchev–Trinajstić information content (AvgIpc) is 3.26. The molecule has 1 aromatic carbocycles. The average molecular weight is 393 g/mol. The fraction of sp³-hybridized carbons (Fsp3) is 0.318. The third kappa shape index (κ3) is 3.99. The molecule has 2 aromatic heterocycles. The van der Waals surface area contributed by atoms with Gasteiger partial charge in [0.1, 0.15) is 11.5 Å². The summed E-state index contributed by atoms with van der Waals surface area (Å²) in [4.78, 5) is 20.2. The van der Waals surface area contributed by atoms with Gasteiger partial charge in [0.15, 0.2) is 0 Å². The van der Waals surface area contributed by atoms with E-state index < -0.39 is 0 Å². The Kier molecular flexibility index (Phi) is 5.29. The first-order chi connectivity index (χ1) is 14.0. The standard InChI is InChI=1S/C22H24FN5O/c1-14-20(12-17-13-26-21-19(17)4-3-10-24-21)15(2)28(27-14)22(29)25-11-9-16-5-7-18(23)8-6-16/h3-8,10,13,15,20H,9,11-12H2,1-2H3,(H,24,26)(H,25,29). The zero-order valence-corrected chi connectivity index (χ0v) is 16.5. The Balaban J connectivity index is 1.37. The molecule has 0 saturated carbocycles. The first-order valence-corrected chi connectivity index (χ1v) is 9.80. The highest BCUT2D eigenvalue weighted by atomic mass is 19.1. The number of aromatic amines is 1. The smallest absolute Gasteiger partial charge is 0.338 e. The van der Waals surface area contributed by atoms with Crippen LogP contribution in [0.15, 0.2) is 53.9 Å². The van der Waals surface area contributed by atoms with Crippen molar-refractivity contribution in [2.24, 2.45) is 11.0 Å². The van der Waals surface area contributed by atoms with Crippen LogP contribution in [-0.4, -0.2) is 39.3 Å². The van der Waals surface area contributed by atoms with Crippen LogP contribution in [0.2, 0.25) is 0 Å². The largest absolute Gasteiger partial charge is 0.346 e. The highest BCUT2D eigenvalue weighted by molar-refractivity contribution is 5.90. The summed E-state index contributed by atoms with van der Waals surface area (Å²) in [6.45, 7) is 4.47. The Hall–Kier alpha value is -3.22. The highest BCUT2D eigenvalue weighted by Gasteiger charge is 2.35. The van der Waals surface area contributed by atoms with Gasteiger partial charge in [0.05, 0.1) is 6.04 Å². The molecule has 3 heterocycles. The van der Waals surface area contributed by atoms with Crippen molar-refractivity contribution < 1.29 is 9.18 Å². The van der Waals surface area contributed by atoms with Crippen LogP contribution >= 0.6 is 0 Å². The van der Waals surface area contributed by atoms with Gasteiger partial charge in [-0.3, -0.25) is 0 Å². The topological polar surface area (TPSA) is 73.4 Å².